The third-order valence-corrected chi connectivity index (χ3v) is 3.00. The molecule has 2 aromatic rings. The molecule has 0 atom stereocenters. The van der Waals surface area contributed by atoms with Crippen LogP contribution in [0.25, 0.3) is 5.88 Å². The molecule has 2 rings (SSSR count). The molecule has 0 aliphatic carbocycles. The van der Waals surface area contributed by atoms with Crippen molar-refractivity contribution in [3.8, 4) is 5.88 Å². The zero-order valence-electron chi connectivity index (χ0n) is 10.9. The van der Waals surface area contributed by atoms with Crippen molar-refractivity contribution in [3.05, 3.63) is 40.4 Å². The minimum absolute atomic E-state index is 0.104. The zero-order chi connectivity index (χ0) is 14.3. The summed E-state index contributed by atoms with van der Waals surface area (Å²) in [5.41, 5.74) is 6.66. The maximum atomic E-state index is 11.6. The normalized spacial score (nSPS) is 10.7. The summed E-state index contributed by atoms with van der Waals surface area (Å²) in [5.74, 6) is -1.74. The molecule has 6 nitrogen and oxygen atoms in total. The van der Waals surface area contributed by atoms with Crippen LogP contribution >= 0.6 is 0 Å². The molecule has 1 amide bonds. The number of aromatic nitrogens is 1. The molecule has 0 bridgehead atoms. The highest BCUT2D eigenvalue weighted by Gasteiger charge is 2.28. The number of primary amides is 1. The van der Waals surface area contributed by atoms with E-state index >= 15 is 0 Å². The third kappa shape index (κ3) is 1.91. The number of hydrogen-bond donors (Lipinski definition) is 2. The molecule has 19 heavy (non-hydrogen) atoms. The van der Waals surface area contributed by atoms with Crippen LogP contribution in [0, 0.1) is 20.8 Å². The van der Waals surface area contributed by atoms with Crippen molar-refractivity contribution in [1.29, 1.82) is 0 Å². The van der Waals surface area contributed by atoms with E-state index in [1.54, 1.807) is 4.57 Å². The van der Waals surface area contributed by atoms with E-state index in [0.29, 0.717) is 0 Å². The van der Waals surface area contributed by atoms with Crippen molar-refractivity contribution in [2.45, 2.75) is 20.8 Å². The fourth-order valence-corrected chi connectivity index (χ4v) is 2.16. The van der Waals surface area contributed by atoms with Gasteiger partial charge in [-0.15, -0.1) is 0 Å². The summed E-state index contributed by atoms with van der Waals surface area (Å²) < 4.78 is 7.12. The van der Waals surface area contributed by atoms with Gasteiger partial charge in [-0.3, -0.25) is 9.36 Å². The van der Waals surface area contributed by atoms with Crippen LogP contribution in [-0.4, -0.2) is 21.6 Å². The predicted molar refractivity (Wildman–Crippen MR) is 67.7 cm³/mol. The average molecular weight is 262 g/mol. The van der Waals surface area contributed by atoms with Crippen LogP contribution in [0.4, 0.5) is 0 Å². The fraction of sp³-hybridized carbons (Fsp3) is 0.231. The van der Waals surface area contributed by atoms with E-state index in [4.69, 9.17) is 15.3 Å². The topological polar surface area (TPSA) is 98.5 Å². The van der Waals surface area contributed by atoms with Gasteiger partial charge in [0, 0.05) is 11.4 Å². The van der Waals surface area contributed by atoms with Crippen LogP contribution in [0.2, 0.25) is 0 Å². The Morgan fingerprint density at radius 3 is 2.11 bits per heavy atom. The van der Waals surface area contributed by atoms with Gasteiger partial charge in [-0.25, -0.2) is 4.79 Å². The zero-order valence-corrected chi connectivity index (χ0v) is 10.9. The van der Waals surface area contributed by atoms with Gasteiger partial charge in [0.15, 0.2) is 0 Å². The summed E-state index contributed by atoms with van der Waals surface area (Å²) in [7, 11) is 0. The van der Waals surface area contributed by atoms with Crippen LogP contribution in [0.5, 0.6) is 0 Å². The lowest BCUT2D eigenvalue weighted by molar-refractivity contribution is 0.0690. The molecule has 0 unspecified atom stereocenters. The SMILES string of the molecule is Cc1oc(-n2c(C)ccc2C)c(C(N)=O)c1C(=O)O. The Morgan fingerprint density at radius 1 is 1.16 bits per heavy atom. The summed E-state index contributed by atoms with van der Waals surface area (Å²) in [6.07, 6.45) is 0. The molecular weight excluding hydrogens is 248 g/mol. The molecule has 2 heterocycles. The van der Waals surface area contributed by atoms with Crippen molar-refractivity contribution in [3.63, 3.8) is 0 Å². The second-order valence-corrected chi connectivity index (χ2v) is 4.33. The van der Waals surface area contributed by atoms with E-state index in [0.717, 1.165) is 11.4 Å². The van der Waals surface area contributed by atoms with Crippen molar-refractivity contribution in [2.75, 3.05) is 0 Å². The number of carbonyl (C=O) groups excluding carboxylic acids is 1. The van der Waals surface area contributed by atoms with E-state index in [2.05, 4.69) is 0 Å². The van der Waals surface area contributed by atoms with E-state index in [1.165, 1.54) is 6.92 Å². The first kappa shape index (κ1) is 12.9. The number of hydrogen-bond acceptors (Lipinski definition) is 3. The van der Waals surface area contributed by atoms with Gasteiger partial charge in [-0.05, 0) is 32.9 Å². The predicted octanol–water partition coefficient (Wildman–Crippen LogP) is 1.79. The van der Waals surface area contributed by atoms with E-state index < -0.39 is 11.9 Å². The molecule has 0 aliphatic heterocycles. The quantitative estimate of drug-likeness (QED) is 0.880. The van der Waals surface area contributed by atoms with E-state index in [-0.39, 0.29) is 22.8 Å². The maximum Gasteiger partial charge on any atom is 0.340 e. The molecule has 0 saturated carbocycles. The summed E-state index contributed by atoms with van der Waals surface area (Å²) in [6.45, 7) is 5.15. The molecule has 0 saturated heterocycles. The second-order valence-electron chi connectivity index (χ2n) is 4.33. The lowest BCUT2D eigenvalue weighted by Crippen LogP contribution is -2.17. The number of furan rings is 1. The molecule has 0 aliphatic rings. The lowest BCUT2D eigenvalue weighted by Gasteiger charge is -2.07. The van der Waals surface area contributed by atoms with Gasteiger partial charge in [0.25, 0.3) is 5.91 Å². The monoisotopic (exact) mass is 262 g/mol. The van der Waals surface area contributed by atoms with Gasteiger partial charge < -0.3 is 15.3 Å². The van der Waals surface area contributed by atoms with Gasteiger partial charge in [0.1, 0.15) is 16.9 Å². The van der Waals surface area contributed by atoms with Gasteiger partial charge in [-0.1, -0.05) is 0 Å². The van der Waals surface area contributed by atoms with Gasteiger partial charge in [0.2, 0.25) is 5.88 Å². The molecule has 0 spiro atoms. The maximum absolute atomic E-state index is 11.6. The Hall–Kier alpha value is -2.50. The minimum atomic E-state index is -1.23. The Kier molecular flexibility index (Phi) is 2.94. The average Bonchev–Trinajstić information content (AvgIpc) is 2.79. The first-order valence-corrected chi connectivity index (χ1v) is 5.66. The number of amides is 1. The van der Waals surface area contributed by atoms with Crippen LogP contribution in [0.15, 0.2) is 16.5 Å². The van der Waals surface area contributed by atoms with Crippen LogP contribution < -0.4 is 5.73 Å². The molecular formula is C13H14N2O4. The molecule has 3 N–H and O–H groups in total. The molecule has 0 radical (unpaired) electrons. The Bertz CT molecular complexity index is 660. The highest BCUT2D eigenvalue weighted by Crippen LogP contribution is 2.28. The molecule has 100 valence electrons. The largest absolute Gasteiger partial charge is 0.478 e. The van der Waals surface area contributed by atoms with Crippen molar-refractivity contribution < 1.29 is 19.1 Å². The fourth-order valence-electron chi connectivity index (χ4n) is 2.16. The minimum Gasteiger partial charge on any atom is -0.478 e. The Labute approximate surface area is 109 Å². The summed E-state index contributed by atoms with van der Waals surface area (Å²) in [4.78, 5) is 22.8. The Morgan fingerprint density at radius 2 is 1.68 bits per heavy atom. The summed E-state index contributed by atoms with van der Waals surface area (Å²) in [6, 6.07) is 3.69. The highest BCUT2D eigenvalue weighted by atomic mass is 16.4. The Balaban J connectivity index is 2.82. The first-order valence-electron chi connectivity index (χ1n) is 5.66. The lowest BCUT2D eigenvalue weighted by atomic mass is 10.1. The van der Waals surface area contributed by atoms with Gasteiger partial charge >= 0.3 is 5.97 Å². The van der Waals surface area contributed by atoms with Gasteiger partial charge in [-0.2, -0.15) is 0 Å². The number of carboxylic acids is 1. The molecule has 2 aromatic heterocycles. The van der Waals surface area contributed by atoms with Crippen LogP contribution in [-0.2, 0) is 0 Å². The van der Waals surface area contributed by atoms with Crippen molar-refractivity contribution in [1.82, 2.24) is 4.57 Å². The van der Waals surface area contributed by atoms with Crippen LogP contribution in [0.1, 0.15) is 37.9 Å². The third-order valence-electron chi connectivity index (χ3n) is 3.00. The molecule has 0 aromatic carbocycles. The van der Waals surface area contributed by atoms with Crippen LogP contribution in [0.3, 0.4) is 0 Å². The van der Waals surface area contributed by atoms with Crippen molar-refractivity contribution in [2.24, 2.45) is 5.73 Å². The van der Waals surface area contributed by atoms with E-state index in [1.807, 2.05) is 26.0 Å². The summed E-state index contributed by atoms with van der Waals surface area (Å²) >= 11 is 0. The molecule has 0 fully saturated rings. The van der Waals surface area contributed by atoms with Gasteiger partial charge in [0.05, 0.1) is 0 Å². The van der Waals surface area contributed by atoms with E-state index in [9.17, 15) is 9.59 Å². The van der Waals surface area contributed by atoms with Crippen molar-refractivity contribution >= 4 is 11.9 Å². The number of aromatic carboxylic acids is 1. The second kappa shape index (κ2) is 4.31. The molecule has 6 heteroatoms. The highest BCUT2D eigenvalue weighted by molar-refractivity contribution is 6.07. The first-order chi connectivity index (χ1) is 8.84. The number of carboxylic acid groups (broad SMARTS) is 1. The number of aryl methyl sites for hydroxylation is 3. The number of nitrogens with zero attached hydrogens (tertiary/aromatic N) is 1. The number of carbonyl (C=O) groups is 2. The summed E-state index contributed by atoms with van der Waals surface area (Å²) in [5, 5.41) is 9.17. The number of rotatable bonds is 3. The standard InChI is InChI=1S/C13H14N2O4/c1-6-4-5-7(2)15(6)12-10(11(14)16)9(13(17)18)8(3)19-12/h4-5H,1-3H3,(H2,14,16)(H,17,18). The number of nitrogens with two attached hydrogens (primary N) is 1. The smallest absolute Gasteiger partial charge is 0.340 e.